The Hall–Kier alpha value is -7.18. The van der Waals surface area contributed by atoms with Gasteiger partial charge in [-0.05, 0) is 86.8 Å². The van der Waals surface area contributed by atoms with Gasteiger partial charge < -0.3 is 91.5 Å². The first kappa shape index (κ1) is 70.3. The third kappa shape index (κ3) is 18.7. The lowest BCUT2D eigenvalue weighted by atomic mass is 9.98. The van der Waals surface area contributed by atoms with Gasteiger partial charge in [-0.3, -0.25) is 33.6 Å². The smallest absolute Gasteiger partial charge is 0.261 e. The molecule has 3 fully saturated rings. The van der Waals surface area contributed by atoms with Crippen LogP contribution in [0.3, 0.4) is 0 Å². The molecule has 4 aromatic rings. The number of ether oxygens (including phenoxy) is 2. The van der Waals surface area contributed by atoms with Crippen molar-refractivity contribution < 1.29 is 97.6 Å². The number of hydrogen-bond acceptors (Lipinski definition) is 25. The molecule has 7 amide bonds. The van der Waals surface area contributed by atoms with Crippen LogP contribution < -0.4 is 41.2 Å². The highest BCUT2D eigenvalue weighted by Crippen LogP contribution is 2.33. The maximum Gasteiger partial charge on any atom is 0.261 e. The highest BCUT2D eigenvalue weighted by atomic mass is 32.2. The molecule has 90 heavy (non-hydrogen) atoms. The Morgan fingerprint density at radius 3 is 2.06 bits per heavy atom. The summed E-state index contributed by atoms with van der Waals surface area (Å²) in [5.74, 6) is -8.61. The number of methoxy groups -OCH3 is 1. The van der Waals surface area contributed by atoms with E-state index >= 15 is 0 Å². The number of rotatable bonds is 24. The van der Waals surface area contributed by atoms with Crippen molar-refractivity contribution in [3.63, 3.8) is 0 Å². The highest BCUT2D eigenvalue weighted by molar-refractivity contribution is 7.90. The molecule has 13 atom stereocenters. The number of aromatic hydroxyl groups is 1. The Morgan fingerprint density at radius 2 is 1.40 bits per heavy atom. The van der Waals surface area contributed by atoms with Crippen molar-refractivity contribution in [1.29, 1.82) is 0 Å². The van der Waals surface area contributed by atoms with Crippen molar-refractivity contribution in [3.8, 4) is 38.4 Å². The second kappa shape index (κ2) is 33.8. The molecule has 0 radical (unpaired) electrons. The van der Waals surface area contributed by atoms with Gasteiger partial charge in [0.2, 0.25) is 35.4 Å². The van der Waals surface area contributed by atoms with Gasteiger partial charge in [0.15, 0.2) is 11.5 Å². The molecule has 7 rings (SSSR count). The summed E-state index contributed by atoms with van der Waals surface area (Å²) in [6.45, 7) is 2.20. The average Bonchev–Trinajstić information content (AvgIpc) is 1.79. The lowest BCUT2D eigenvalue weighted by Gasteiger charge is -2.34. The average molecular weight is 1300 g/mol. The normalized spacial score (nSPS) is 25.0. The molecule has 0 bridgehead atoms. The van der Waals surface area contributed by atoms with E-state index < -0.39 is 158 Å². The predicted molar refractivity (Wildman–Crippen MR) is 321 cm³/mol. The summed E-state index contributed by atoms with van der Waals surface area (Å²) in [6, 6.07) is 6.02. The summed E-state index contributed by atoms with van der Waals surface area (Å²) in [6.07, 6.45) is -7.00. The van der Waals surface area contributed by atoms with Gasteiger partial charge in [0, 0.05) is 75.2 Å². The molecule has 0 aliphatic carbocycles. The van der Waals surface area contributed by atoms with Crippen molar-refractivity contribution in [1.82, 2.24) is 46.6 Å². The van der Waals surface area contributed by atoms with Gasteiger partial charge in [-0.25, -0.2) is 5.26 Å². The topological polar surface area (TPSA) is 446 Å². The van der Waals surface area contributed by atoms with E-state index in [1.165, 1.54) is 42.5 Å². The Bertz CT molecular complexity index is 3060. The fourth-order valence-electron chi connectivity index (χ4n) is 10.7. The lowest BCUT2D eigenvalue weighted by molar-refractivity contribution is -0.433. The molecule has 1 aromatic heterocycles. The van der Waals surface area contributed by atoms with Crippen LogP contribution >= 0.6 is 23.7 Å². The lowest BCUT2D eigenvalue weighted by Crippen LogP contribution is -2.64. The van der Waals surface area contributed by atoms with Crippen LogP contribution in [0.5, 0.6) is 17.2 Å². The summed E-state index contributed by atoms with van der Waals surface area (Å²) in [5.41, 5.74) is 7.33. The molecular weight excluding hydrogens is 1220 g/mol. The molecule has 3 saturated heterocycles. The van der Waals surface area contributed by atoms with Crippen molar-refractivity contribution in [2.45, 2.75) is 145 Å². The van der Waals surface area contributed by atoms with E-state index in [0.29, 0.717) is 22.2 Å². The van der Waals surface area contributed by atoms with Gasteiger partial charge in [-0.2, -0.15) is 0 Å². The van der Waals surface area contributed by atoms with Gasteiger partial charge in [-0.15, -0.1) is 10.2 Å². The molecule has 3 aliphatic rings. The molecule has 0 spiro atoms. The first-order valence-corrected chi connectivity index (χ1v) is 30.8. The number of nitrogens with one attached hydrogen (secondary N) is 5. The van der Waals surface area contributed by atoms with Crippen molar-refractivity contribution >= 4 is 65.0 Å². The van der Waals surface area contributed by atoms with Crippen LogP contribution in [0.25, 0.3) is 21.1 Å². The standard InChI is InChI=1S/C58H78N10O20S2/c1-30-28-68-48(49(30)75)54(80)60-27-36(70)25-39(61-50(76)33-10-12-34(13-11-33)55-65-66-56(89-55)35-14-16-38(17-15-35)85-22-8-6-4-5-7-21-84-3)51(77)62-45(31(2)69)57(81)67-29-37(71)26-40(67)52(78)63-46(53(79)64-47(58(68)82)42(73)19-20-59)43(74)23-32-9-18-41(72)44(24-32)86-90-88-87-83/h9-18,24,30-31,36-37,39-40,42-43,45-49,69-75,83H,4-8,19-23,25-29,59H2,1-3H3,(H,60,80)(H,61,76)(H,62,77)(H,63,78)(H,64,79)/t30-,31+,36+,37-,39+,40+,42-,43-,45+,46+,47+,48+,49+/m1/s1. The van der Waals surface area contributed by atoms with Gasteiger partial charge in [0.05, 0.1) is 43.2 Å². The van der Waals surface area contributed by atoms with E-state index in [2.05, 4.69) is 46.2 Å². The number of fused-ring (bicyclic) bond motifs is 2. The molecule has 3 aromatic carbocycles. The maximum atomic E-state index is 14.7. The number of carbonyl (C=O) groups excluding carboxylic acids is 7. The molecule has 3 aliphatic heterocycles. The van der Waals surface area contributed by atoms with Crippen molar-refractivity contribution in [2.24, 2.45) is 11.7 Å². The Morgan fingerprint density at radius 1 is 0.767 bits per heavy atom. The largest absolute Gasteiger partial charge is 0.504 e. The number of aliphatic hydroxyl groups excluding tert-OH is 6. The van der Waals surface area contributed by atoms with Gasteiger partial charge >= 0.3 is 0 Å². The van der Waals surface area contributed by atoms with Crippen LogP contribution in [0.2, 0.25) is 0 Å². The van der Waals surface area contributed by atoms with Crippen LogP contribution in [0.4, 0.5) is 0 Å². The zero-order chi connectivity index (χ0) is 65.2. The Balaban J connectivity index is 1.14. The third-order valence-corrected chi connectivity index (χ3v) is 16.9. The van der Waals surface area contributed by atoms with E-state index in [0.717, 1.165) is 72.8 Å². The number of unbranched alkanes of at least 4 members (excludes halogenated alkanes) is 4. The van der Waals surface area contributed by atoms with Gasteiger partial charge in [0.1, 0.15) is 52.0 Å². The van der Waals surface area contributed by atoms with Gasteiger partial charge in [-0.1, -0.05) is 65.1 Å². The van der Waals surface area contributed by atoms with E-state index in [4.69, 9.17) is 24.6 Å². The Kier molecular flexibility index (Phi) is 26.4. The minimum Gasteiger partial charge on any atom is -0.504 e. The summed E-state index contributed by atoms with van der Waals surface area (Å²) >= 11 is 1.38. The zero-order valence-electron chi connectivity index (χ0n) is 49.6. The fourth-order valence-corrected chi connectivity index (χ4v) is 11.8. The van der Waals surface area contributed by atoms with Crippen LogP contribution in [-0.4, -0.2) is 222 Å². The summed E-state index contributed by atoms with van der Waals surface area (Å²) < 4.78 is 20.4. The molecule has 32 heteroatoms. The molecule has 492 valence electrons. The number of nitrogens with two attached hydrogens (primary N) is 1. The highest BCUT2D eigenvalue weighted by Gasteiger charge is 2.50. The first-order chi connectivity index (χ1) is 43.1. The second-order valence-electron chi connectivity index (χ2n) is 22.3. The number of nitrogens with zero attached hydrogens (tertiary/aromatic N) is 4. The quantitative estimate of drug-likeness (QED) is 0.0177. The van der Waals surface area contributed by atoms with Crippen molar-refractivity contribution in [3.05, 3.63) is 77.9 Å². The number of phenolic OH excluding ortho intramolecular Hbond substituents is 1. The fraction of sp³-hybridized carbons (Fsp3) is 0.534. The maximum absolute atomic E-state index is 14.7. The van der Waals surface area contributed by atoms with Crippen LogP contribution in [-0.2, 0) is 49.3 Å². The first-order valence-electron chi connectivity index (χ1n) is 29.3. The number of benzene rings is 3. The van der Waals surface area contributed by atoms with Crippen LogP contribution in [0, 0.1) is 5.92 Å². The van der Waals surface area contributed by atoms with E-state index in [-0.39, 0.29) is 48.7 Å². The third-order valence-electron chi connectivity index (χ3n) is 15.5. The number of β-amino-alcohol motifs (C(OH)–C–C–N with tert-alkyl or cyclic N) is 1. The summed E-state index contributed by atoms with van der Waals surface area (Å²) in [4.78, 5) is 103. The second-order valence-corrected chi connectivity index (χ2v) is 23.7. The van der Waals surface area contributed by atoms with Crippen LogP contribution in [0.1, 0.15) is 81.1 Å². The molecule has 0 saturated carbocycles. The minimum atomic E-state index is -2.11. The van der Waals surface area contributed by atoms with E-state index in [1.54, 1.807) is 19.2 Å². The van der Waals surface area contributed by atoms with E-state index in [9.17, 15) is 69.3 Å². The Labute approximate surface area is 526 Å². The monoisotopic (exact) mass is 1300 g/mol. The SMILES string of the molecule is COCCCCCCCOc1ccc(-c2nnc(-c3ccc(C(=O)N[C@H]4C[C@H](O)CNC(=O)[C@@H]5[C@@H](O)[C@H](C)CN5C(=O)[C@H]([C@H](O)CCN)NC(=O)[C@H]([C@H](O)Cc5ccc(O)c(OSOOO)c5)NC(=O)[C@@H]5C[C@@H](O)CN5C(=O)[C@H]([C@H](C)O)NC4=O)cc3)s2)cc1. The van der Waals surface area contributed by atoms with Gasteiger partial charge in [0.25, 0.3) is 18.2 Å². The number of amides is 7. The van der Waals surface area contributed by atoms with E-state index in [1.807, 2.05) is 24.3 Å². The molecule has 4 heterocycles. The number of aromatic nitrogens is 2. The summed E-state index contributed by atoms with van der Waals surface area (Å²) in [7, 11) is 1.70. The van der Waals surface area contributed by atoms with Crippen LogP contribution in [0.15, 0.2) is 66.7 Å². The molecule has 15 N–H and O–H groups in total. The molecule has 30 nitrogen and oxygen atoms in total. The minimum absolute atomic E-state index is 0.0207. The molecule has 0 unspecified atom stereocenters. The van der Waals surface area contributed by atoms with Crippen molar-refractivity contribution in [2.75, 3.05) is 46.5 Å². The molecular formula is C58H78N10O20S2. The summed E-state index contributed by atoms with van der Waals surface area (Å²) in [5, 5.41) is 113. The zero-order valence-corrected chi connectivity index (χ0v) is 51.3. The predicted octanol–water partition coefficient (Wildman–Crippen LogP) is -0.786. The number of hydrogen-bond donors (Lipinski definition) is 14. The number of phenols is 1. The number of aliphatic hydroxyl groups is 6. The number of carbonyl (C=O) groups is 7.